The number of aromatic nitrogens is 2. The molecule has 0 aliphatic carbocycles. The van der Waals surface area contributed by atoms with Crippen molar-refractivity contribution in [2.75, 3.05) is 5.73 Å². The van der Waals surface area contributed by atoms with E-state index in [1.807, 2.05) is 48.8 Å². The molecule has 0 bridgehead atoms. The Morgan fingerprint density at radius 2 is 1.26 bits per heavy atom. The summed E-state index contributed by atoms with van der Waals surface area (Å²) in [6, 6.07) is 20.0. The fourth-order valence-corrected chi connectivity index (χ4v) is 2.49. The Bertz CT molecular complexity index is 670. The van der Waals surface area contributed by atoms with Crippen LogP contribution >= 0.6 is 0 Å². The highest BCUT2D eigenvalue weighted by Crippen LogP contribution is 2.13. The third-order valence-electron chi connectivity index (χ3n) is 3.61. The molecule has 0 saturated carbocycles. The summed E-state index contributed by atoms with van der Waals surface area (Å²) in [7, 11) is 0. The molecule has 0 saturated heterocycles. The van der Waals surface area contributed by atoms with Crippen molar-refractivity contribution < 1.29 is 0 Å². The molecule has 0 atom stereocenters. The van der Waals surface area contributed by atoms with E-state index in [0.29, 0.717) is 0 Å². The lowest BCUT2D eigenvalue weighted by molar-refractivity contribution is 0.242. The van der Waals surface area contributed by atoms with Crippen molar-refractivity contribution in [1.29, 1.82) is 0 Å². The van der Waals surface area contributed by atoms with Gasteiger partial charge in [-0.25, -0.2) is 0 Å². The van der Waals surface area contributed by atoms with Crippen LogP contribution in [-0.4, -0.2) is 14.9 Å². The molecule has 2 aromatic heterocycles. The predicted molar refractivity (Wildman–Crippen MR) is 92.3 cm³/mol. The summed E-state index contributed by atoms with van der Waals surface area (Å²) < 4.78 is 0. The molecular formula is C19H20N4. The van der Waals surface area contributed by atoms with Crippen LogP contribution in [-0.2, 0) is 19.6 Å². The van der Waals surface area contributed by atoms with E-state index in [9.17, 15) is 0 Å². The Morgan fingerprint density at radius 1 is 0.696 bits per heavy atom. The quantitative estimate of drug-likeness (QED) is 0.710. The Labute approximate surface area is 136 Å². The lowest BCUT2D eigenvalue weighted by Gasteiger charge is -2.22. The maximum Gasteiger partial charge on any atom is 0.0544 e. The first kappa shape index (κ1) is 15.2. The molecule has 2 N–H and O–H groups in total. The van der Waals surface area contributed by atoms with Gasteiger partial charge in [0.1, 0.15) is 0 Å². The van der Waals surface area contributed by atoms with E-state index in [1.165, 1.54) is 5.56 Å². The van der Waals surface area contributed by atoms with E-state index in [1.54, 1.807) is 0 Å². The van der Waals surface area contributed by atoms with Gasteiger partial charge in [-0.05, 0) is 42.0 Å². The maximum absolute atomic E-state index is 5.77. The molecule has 0 unspecified atom stereocenters. The average molecular weight is 304 g/mol. The summed E-state index contributed by atoms with van der Waals surface area (Å²) in [5.41, 5.74) is 9.89. The topological polar surface area (TPSA) is 55.0 Å². The molecule has 0 fully saturated rings. The summed E-state index contributed by atoms with van der Waals surface area (Å²) >= 11 is 0. The molecule has 3 aromatic rings. The number of pyridine rings is 2. The predicted octanol–water partition coefficient (Wildman–Crippen LogP) is 3.26. The van der Waals surface area contributed by atoms with Crippen molar-refractivity contribution >= 4 is 5.69 Å². The summed E-state index contributed by atoms with van der Waals surface area (Å²) in [5, 5.41) is 0. The first-order valence-corrected chi connectivity index (χ1v) is 7.66. The fourth-order valence-electron chi connectivity index (χ4n) is 2.49. The Hall–Kier alpha value is -2.72. The van der Waals surface area contributed by atoms with E-state index in [0.717, 1.165) is 36.7 Å². The number of hydrogen-bond donors (Lipinski definition) is 1. The van der Waals surface area contributed by atoms with Crippen molar-refractivity contribution in [2.45, 2.75) is 19.6 Å². The number of nitrogen functional groups attached to an aromatic ring is 1. The molecule has 2 heterocycles. The smallest absolute Gasteiger partial charge is 0.0544 e. The molecule has 1 aromatic carbocycles. The van der Waals surface area contributed by atoms with Crippen LogP contribution in [0.3, 0.4) is 0 Å². The van der Waals surface area contributed by atoms with Crippen LogP contribution in [0.25, 0.3) is 0 Å². The lowest BCUT2D eigenvalue weighted by Crippen LogP contribution is -2.23. The third-order valence-corrected chi connectivity index (χ3v) is 3.61. The first-order valence-electron chi connectivity index (χ1n) is 7.66. The molecule has 0 amide bonds. The van der Waals surface area contributed by atoms with E-state index in [4.69, 9.17) is 5.73 Å². The van der Waals surface area contributed by atoms with Crippen molar-refractivity contribution in [1.82, 2.24) is 14.9 Å². The molecule has 4 nitrogen and oxygen atoms in total. The van der Waals surface area contributed by atoms with Gasteiger partial charge in [-0.2, -0.15) is 0 Å². The number of anilines is 1. The Morgan fingerprint density at radius 3 is 1.74 bits per heavy atom. The third kappa shape index (κ3) is 4.63. The summed E-state index contributed by atoms with van der Waals surface area (Å²) in [4.78, 5) is 11.2. The minimum absolute atomic E-state index is 0.780. The summed E-state index contributed by atoms with van der Waals surface area (Å²) in [6.07, 6.45) is 3.66. The Balaban J connectivity index is 1.76. The second-order valence-electron chi connectivity index (χ2n) is 5.53. The minimum atomic E-state index is 0.780. The van der Waals surface area contributed by atoms with Gasteiger partial charge in [0.25, 0.3) is 0 Å². The van der Waals surface area contributed by atoms with Gasteiger partial charge in [0.05, 0.1) is 11.4 Å². The number of rotatable bonds is 6. The fraction of sp³-hybridized carbons (Fsp3) is 0.158. The van der Waals surface area contributed by atoms with Gasteiger partial charge in [-0.3, -0.25) is 14.9 Å². The molecular weight excluding hydrogens is 284 g/mol. The second-order valence-corrected chi connectivity index (χ2v) is 5.53. The standard InChI is InChI=1S/C19H20N4/c20-17-9-7-16(8-10-17)13-23(14-18-5-1-3-11-21-18)15-19-6-2-4-12-22-19/h1-12H,13-15,20H2. The molecule has 0 aliphatic heterocycles. The molecule has 0 radical (unpaired) electrons. The lowest BCUT2D eigenvalue weighted by atomic mass is 10.2. The highest BCUT2D eigenvalue weighted by Gasteiger charge is 2.09. The number of nitrogens with zero attached hydrogens (tertiary/aromatic N) is 3. The maximum atomic E-state index is 5.77. The number of benzene rings is 1. The van der Waals surface area contributed by atoms with Crippen molar-refractivity contribution in [2.24, 2.45) is 0 Å². The van der Waals surface area contributed by atoms with E-state index in [-0.39, 0.29) is 0 Å². The minimum Gasteiger partial charge on any atom is -0.399 e. The number of nitrogens with two attached hydrogens (primary N) is 1. The van der Waals surface area contributed by atoms with Crippen LogP contribution in [0, 0.1) is 0 Å². The molecule has 0 aliphatic rings. The van der Waals surface area contributed by atoms with Gasteiger partial charge < -0.3 is 5.73 Å². The molecule has 4 heteroatoms. The van der Waals surface area contributed by atoms with Crippen molar-refractivity contribution in [3.05, 3.63) is 90.0 Å². The van der Waals surface area contributed by atoms with Gasteiger partial charge in [0, 0.05) is 37.7 Å². The summed E-state index contributed by atoms with van der Waals surface area (Å²) in [5.74, 6) is 0. The van der Waals surface area contributed by atoms with Crippen LogP contribution < -0.4 is 5.73 Å². The largest absolute Gasteiger partial charge is 0.399 e. The van der Waals surface area contributed by atoms with Crippen molar-refractivity contribution in [3.63, 3.8) is 0 Å². The monoisotopic (exact) mass is 304 g/mol. The molecule has 0 spiro atoms. The van der Waals surface area contributed by atoms with Gasteiger partial charge in [-0.15, -0.1) is 0 Å². The first-order chi connectivity index (χ1) is 11.3. The van der Waals surface area contributed by atoms with Crippen LogP contribution in [0.1, 0.15) is 17.0 Å². The van der Waals surface area contributed by atoms with E-state index in [2.05, 4.69) is 39.1 Å². The van der Waals surface area contributed by atoms with Crippen LogP contribution in [0.15, 0.2) is 73.1 Å². The van der Waals surface area contributed by atoms with Crippen LogP contribution in [0.5, 0.6) is 0 Å². The zero-order valence-corrected chi connectivity index (χ0v) is 13.0. The second kappa shape index (κ2) is 7.51. The zero-order chi connectivity index (χ0) is 15.9. The average Bonchev–Trinajstić information content (AvgIpc) is 2.59. The van der Waals surface area contributed by atoms with Crippen LogP contribution in [0.2, 0.25) is 0 Å². The molecule has 3 rings (SSSR count). The van der Waals surface area contributed by atoms with Gasteiger partial charge >= 0.3 is 0 Å². The zero-order valence-electron chi connectivity index (χ0n) is 13.0. The molecule has 116 valence electrons. The van der Waals surface area contributed by atoms with E-state index >= 15 is 0 Å². The number of hydrogen-bond acceptors (Lipinski definition) is 4. The van der Waals surface area contributed by atoms with Crippen molar-refractivity contribution in [3.8, 4) is 0 Å². The normalized spacial score (nSPS) is 10.8. The molecule has 23 heavy (non-hydrogen) atoms. The van der Waals surface area contributed by atoms with E-state index < -0.39 is 0 Å². The Kier molecular flexibility index (Phi) is 4.96. The van der Waals surface area contributed by atoms with Gasteiger partial charge in [0.15, 0.2) is 0 Å². The van der Waals surface area contributed by atoms with Gasteiger partial charge in [-0.1, -0.05) is 24.3 Å². The van der Waals surface area contributed by atoms with Gasteiger partial charge in [0.2, 0.25) is 0 Å². The highest BCUT2D eigenvalue weighted by atomic mass is 15.1. The van der Waals surface area contributed by atoms with Crippen LogP contribution in [0.4, 0.5) is 5.69 Å². The summed E-state index contributed by atoms with van der Waals surface area (Å²) in [6.45, 7) is 2.39. The SMILES string of the molecule is Nc1ccc(CN(Cc2ccccn2)Cc2ccccn2)cc1. The highest BCUT2D eigenvalue weighted by molar-refractivity contribution is 5.39.